The molecule has 0 bridgehead atoms. The SMILES string of the molecule is CS(=O)(=O)N[C@@H]1CCCCC1[n+]1ccc(N2CCCC2)cc1. The van der Waals surface area contributed by atoms with Gasteiger partial charge in [0.05, 0.1) is 12.3 Å². The molecule has 6 heteroatoms. The maximum absolute atomic E-state index is 11.6. The molecule has 2 heterocycles. The van der Waals surface area contributed by atoms with E-state index in [-0.39, 0.29) is 12.1 Å². The van der Waals surface area contributed by atoms with Crippen molar-refractivity contribution in [1.29, 1.82) is 0 Å². The first-order valence-electron chi connectivity index (χ1n) is 8.26. The summed E-state index contributed by atoms with van der Waals surface area (Å²) in [4.78, 5) is 2.41. The lowest BCUT2D eigenvalue weighted by Crippen LogP contribution is -2.53. The number of hydrogen-bond donors (Lipinski definition) is 1. The molecule has 2 fully saturated rings. The quantitative estimate of drug-likeness (QED) is 0.856. The Hall–Kier alpha value is -1.14. The van der Waals surface area contributed by atoms with E-state index < -0.39 is 10.0 Å². The molecular formula is C16H26N3O2S+. The minimum absolute atomic E-state index is 0.00591. The molecule has 1 saturated carbocycles. The van der Waals surface area contributed by atoms with Crippen LogP contribution in [0, 0.1) is 0 Å². The standard InChI is InChI=1S/C16H26N3O2S/c1-22(20,21)17-15-6-2-3-7-16(15)19-12-8-14(9-13-19)18-10-4-5-11-18/h8-9,12-13,15-17H,2-7,10-11H2,1H3/q+1/t15-,16?/m1/s1. The summed E-state index contributed by atoms with van der Waals surface area (Å²) in [5.74, 6) is 0. The highest BCUT2D eigenvalue weighted by Crippen LogP contribution is 2.26. The molecule has 22 heavy (non-hydrogen) atoms. The number of nitrogens with one attached hydrogen (secondary N) is 1. The van der Waals surface area contributed by atoms with Crippen LogP contribution in [0.1, 0.15) is 44.6 Å². The molecule has 5 nitrogen and oxygen atoms in total. The maximum atomic E-state index is 11.6. The van der Waals surface area contributed by atoms with Crippen molar-refractivity contribution >= 4 is 15.7 Å². The van der Waals surface area contributed by atoms with Gasteiger partial charge in [-0.05, 0) is 25.7 Å². The molecule has 0 spiro atoms. The highest BCUT2D eigenvalue weighted by atomic mass is 32.2. The number of pyridine rings is 1. The molecule has 0 amide bonds. The van der Waals surface area contributed by atoms with Crippen molar-refractivity contribution in [2.24, 2.45) is 0 Å². The van der Waals surface area contributed by atoms with Crippen molar-refractivity contribution in [1.82, 2.24) is 4.72 Å². The van der Waals surface area contributed by atoms with Crippen LogP contribution in [0.5, 0.6) is 0 Å². The molecule has 1 aliphatic heterocycles. The Morgan fingerprint density at radius 1 is 1.09 bits per heavy atom. The van der Waals surface area contributed by atoms with E-state index in [2.05, 4.69) is 38.7 Å². The Morgan fingerprint density at radius 2 is 1.73 bits per heavy atom. The molecule has 2 aliphatic rings. The van der Waals surface area contributed by atoms with Crippen LogP contribution < -0.4 is 14.2 Å². The summed E-state index contributed by atoms with van der Waals surface area (Å²) in [6, 6.07) is 4.55. The zero-order valence-corrected chi connectivity index (χ0v) is 14.1. The Morgan fingerprint density at radius 3 is 2.36 bits per heavy atom. The maximum Gasteiger partial charge on any atom is 0.209 e. The minimum atomic E-state index is -3.16. The third-order valence-electron chi connectivity index (χ3n) is 4.78. The Bertz CT molecular complexity index is 594. The third-order valence-corrected chi connectivity index (χ3v) is 5.51. The average molecular weight is 324 g/mol. The molecule has 3 rings (SSSR count). The van der Waals surface area contributed by atoms with Crippen molar-refractivity contribution in [3.8, 4) is 0 Å². The van der Waals surface area contributed by atoms with E-state index in [4.69, 9.17) is 0 Å². The first-order chi connectivity index (χ1) is 10.5. The van der Waals surface area contributed by atoms with Crippen LogP contribution in [0.15, 0.2) is 24.5 Å². The van der Waals surface area contributed by atoms with Crippen molar-refractivity contribution in [3.05, 3.63) is 24.5 Å². The first-order valence-corrected chi connectivity index (χ1v) is 10.2. The predicted molar refractivity (Wildman–Crippen MR) is 87.4 cm³/mol. The predicted octanol–water partition coefficient (Wildman–Crippen LogP) is 1.61. The van der Waals surface area contributed by atoms with Crippen molar-refractivity contribution in [2.45, 2.75) is 50.6 Å². The summed E-state index contributed by atoms with van der Waals surface area (Å²) >= 11 is 0. The number of aromatic nitrogens is 1. The fraction of sp³-hybridized carbons (Fsp3) is 0.688. The van der Waals surface area contributed by atoms with Crippen LogP contribution in [0.2, 0.25) is 0 Å². The average Bonchev–Trinajstić information content (AvgIpc) is 3.01. The van der Waals surface area contributed by atoms with Crippen LogP contribution in [0.4, 0.5) is 5.69 Å². The zero-order valence-electron chi connectivity index (χ0n) is 13.2. The fourth-order valence-corrected chi connectivity index (χ4v) is 4.54. The van der Waals surface area contributed by atoms with Crippen molar-refractivity contribution in [2.75, 3.05) is 24.2 Å². The number of anilines is 1. The lowest BCUT2D eigenvalue weighted by Gasteiger charge is -2.27. The molecular weight excluding hydrogens is 298 g/mol. The van der Waals surface area contributed by atoms with E-state index >= 15 is 0 Å². The second-order valence-electron chi connectivity index (χ2n) is 6.55. The van der Waals surface area contributed by atoms with Gasteiger partial charge in [-0.15, -0.1) is 0 Å². The van der Waals surface area contributed by atoms with Gasteiger partial charge in [0.2, 0.25) is 10.0 Å². The topological polar surface area (TPSA) is 53.3 Å². The molecule has 1 aromatic rings. The lowest BCUT2D eigenvalue weighted by molar-refractivity contribution is -0.727. The van der Waals surface area contributed by atoms with Gasteiger partial charge in [-0.3, -0.25) is 0 Å². The second-order valence-corrected chi connectivity index (χ2v) is 8.33. The molecule has 2 atom stereocenters. The third kappa shape index (κ3) is 3.79. The number of rotatable bonds is 4. The van der Waals surface area contributed by atoms with Crippen molar-refractivity contribution in [3.63, 3.8) is 0 Å². The molecule has 0 radical (unpaired) electrons. The summed E-state index contributed by atoms with van der Waals surface area (Å²) in [6.07, 6.45) is 12.2. The lowest BCUT2D eigenvalue weighted by atomic mass is 9.91. The summed E-state index contributed by atoms with van der Waals surface area (Å²) in [7, 11) is -3.16. The van der Waals surface area contributed by atoms with Crippen LogP contribution in [0.25, 0.3) is 0 Å². The number of nitrogens with zero attached hydrogens (tertiary/aromatic N) is 2. The molecule has 1 aromatic heterocycles. The van der Waals surface area contributed by atoms with E-state index in [0.717, 1.165) is 38.8 Å². The second kappa shape index (κ2) is 6.54. The molecule has 1 saturated heterocycles. The number of sulfonamides is 1. The van der Waals surface area contributed by atoms with Crippen LogP contribution in [-0.2, 0) is 10.0 Å². The van der Waals surface area contributed by atoms with Crippen LogP contribution >= 0.6 is 0 Å². The fourth-order valence-electron chi connectivity index (χ4n) is 3.72. The van der Waals surface area contributed by atoms with Gasteiger partial charge in [0.1, 0.15) is 0 Å². The monoisotopic (exact) mass is 324 g/mol. The van der Waals surface area contributed by atoms with E-state index in [0.29, 0.717) is 0 Å². The van der Waals surface area contributed by atoms with Gasteiger partial charge >= 0.3 is 0 Å². The molecule has 1 aliphatic carbocycles. The smallest absolute Gasteiger partial charge is 0.209 e. The highest BCUT2D eigenvalue weighted by molar-refractivity contribution is 7.88. The van der Waals surface area contributed by atoms with E-state index in [1.54, 1.807) is 0 Å². The van der Waals surface area contributed by atoms with E-state index in [1.807, 2.05) is 0 Å². The normalized spacial score (nSPS) is 26.3. The van der Waals surface area contributed by atoms with Gasteiger partial charge in [-0.1, -0.05) is 6.42 Å². The summed E-state index contributed by atoms with van der Waals surface area (Å²) in [6.45, 7) is 2.29. The summed E-state index contributed by atoms with van der Waals surface area (Å²) in [5, 5.41) is 0. The number of hydrogen-bond acceptors (Lipinski definition) is 3. The Labute approximate surface area is 133 Å². The van der Waals surface area contributed by atoms with Gasteiger partial charge < -0.3 is 4.90 Å². The summed E-state index contributed by atoms with van der Waals surface area (Å²) < 4.78 is 28.2. The van der Waals surface area contributed by atoms with Gasteiger partial charge in [0.25, 0.3) is 0 Å². The van der Waals surface area contributed by atoms with E-state index in [1.165, 1.54) is 24.8 Å². The van der Waals surface area contributed by atoms with Gasteiger partial charge in [0.15, 0.2) is 18.4 Å². The summed E-state index contributed by atoms with van der Waals surface area (Å²) in [5.41, 5.74) is 1.28. The van der Waals surface area contributed by atoms with Crippen molar-refractivity contribution < 1.29 is 13.0 Å². The molecule has 0 aromatic carbocycles. The first kappa shape index (κ1) is 15.7. The largest absolute Gasteiger partial charge is 0.371 e. The van der Waals surface area contributed by atoms with E-state index in [9.17, 15) is 8.42 Å². The molecule has 122 valence electrons. The minimum Gasteiger partial charge on any atom is -0.371 e. The molecule has 1 unspecified atom stereocenters. The van der Waals surface area contributed by atoms with Crippen LogP contribution in [0.3, 0.4) is 0 Å². The zero-order chi connectivity index (χ0) is 15.6. The highest BCUT2D eigenvalue weighted by Gasteiger charge is 2.34. The van der Waals surface area contributed by atoms with Gasteiger partial charge in [-0.25, -0.2) is 17.7 Å². The van der Waals surface area contributed by atoms with Crippen LogP contribution in [-0.4, -0.2) is 33.8 Å². The molecule has 1 N–H and O–H groups in total. The Kier molecular flexibility index (Phi) is 4.68. The van der Waals surface area contributed by atoms with Gasteiger partial charge in [0, 0.05) is 37.3 Å². The Balaban J connectivity index is 1.75. The van der Waals surface area contributed by atoms with Gasteiger partial charge in [-0.2, -0.15) is 0 Å².